The molecule has 8 nitrogen and oxygen atoms in total. The largest absolute Gasteiger partial charge is 0.474 e. The summed E-state index contributed by atoms with van der Waals surface area (Å²) in [5, 5.41) is 5.68. The maximum Gasteiger partial charge on any atom is 0.223 e. The first kappa shape index (κ1) is 23.2. The van der Waals surface area contributed by atoms with Crippen LogP contribution in [0.5, 0.6) is 5.88 Å². The number of pyridine rings is 2. The highest BCUT2D eigenvalue weighted by Gasteiger charge is 2.31. The summed E-state index contributed by atoms with van der Waals surface area (Å²) in [6.07, 6.45) is 5.33. The second kappa shape index (κ2) is 8.34. The van der Waals surface area contributed by atoms with Crippen LogP contribution in [-0.2, 0) is 15.3 Å². The number of aromatic nitrogens is 2. The standard InChI is InChI=1S/C19H27ClN6O2S/c1-7-19(5,25-26-21)15-11-24-17(14-10-23-16(20)8-13(14)15)28-12(2)9-18(3,4)29(6,22)27/h8,10-12,22H,7,9H2,1-6H3/t12-,19-,29-/m1/s1. The quantitative estimate of drug-likeness (QED) is 0.240. The highest BCUT2D eigenvalue weighted by molar-refractivity contribution is 7.93. The number of nitrogens with one attached hydrogen (secondary N) is 1. The minimum absolute atomic E-state index is 0.310. The van der Waals surface area contributed by atoms with Gasteiger partial charge in [-0.3, -0.25) is 4.78 Å². The molecule has 0 aliphatic rings. The van der Waals surface area contributed by atoms with Crippen LogP contribution in [0.1, 0.15) is 53.0 Å². The maximum atomic E-state index is 12.2. The number of halogens is 1. The Labute approximate surface area is 176 Å². The van der Waals surface area contributed by atoms with E-state index in [0.29, 0.717) is 29.3 Å². The topological polar surface area (TPSA) is 125 Å². The van der Waals surface area contributed by atoms with Crippen molar-refractivity contribution in [3.63, 3.8) is 0 Å². The van der Waals surface area contributed by atoms with Gasteiger partial charge in [0, 0.05) is 39.7 Å². The van der Waals surface area contributed by atoms with Gasteiger partial charge < -0.3 is 4.74 Å². The summed E-state index contributed by atoms with van der Waals surface area (Å²) in [5.41, 5.74) is 8.94. The van der Waals surface area contributed by atoms with Gasteiger partial charge in [0.2, 0.25) is 5.88 Å². The third-order valence-corrected chi connectivity index (χ3v) is 7.86. The van der Waals surface area contributed by atoms with Crippen LogP contribution in [-0.4, -0.2) is 31.3 Å². The summed E-state index contributed by atoms with van der Waals surface area (Å²) >= 11 is 6.13. The molecular formula is C19H27ClN6O2S. The van der Waals surface area contributed by atoms with Gasteiger partial charge in [-0.1, -0.05) is 23.6 Å². The molecule has 2 aromatic heterocycles. The van der Waals surface area contributed by atoms with E-state index in [4.69, 9.17) is 26.6 Å². The van der Waals surface area contributed by atoms with Crippen LogP contribution < -0.4 is 4.74 Å². The molecule has 0 aliphatic heterocycles. The van der Waals surface area contributed by atoms with Crippen LogP contribution in [0.2, 0.25) is 5.15 Å². The zero-order valence-corrected chi connectivity index (χ0v) is 19.1. The fourth-order valence-electron chi connectivity index (χ4n) is 3.11. The van der Waals surface area contributed by atoms with Gasteiger partial charge in [-0.05, 0) is 56.7 Å². The first-order valence-electron chi connectivity index (χ1n) is 9.25. The monoisotopic (exact) mass is 438 g/mol. The fraction of sp³-hybridized carbons (Fsp3) is 0.579. The minimum Gasteiger partial charge on any atom is -0.474 e. The van der Waals surface area contributed by atoms with Gasteiger partial charge in [0.25, 0.3) is 0 Å². The van der Waals surface area contributed by atoms with Crippen molar-refractivity contribution in [3.8, 4) is 5.88 Å². The van der Waals surface area contributed by atoms with Gasteiger partial charge in [-0.15, -0.1) is 0 Å². The first-order chi connectivity index (χ1) is 13.3. The molecule has 0 unspecified atom stereocenters. The van der Waals surface area contributed by atoms with Crippen molar-refractivity contribution in [2.24, 2.45) is 5.11 Å². The Balaban J connectivity index is 2.53. The molecule has 0 bridgehead atoms. The molecule has 0 saturated heterocycles. The molecule has 29 heavy (non-hydrogen) atoms. The molecular weight excluding hydrogens is 412 g/mol. The molecule has 0 spiro atoms. The van der Waals surface area contributed by atoms with E-state index in [9.17, 15) is 4.21 Å². The first-order valence-corrected chi connectivity index (χ1v) is 11.6. The third kappa shape index (κ3) is 4.91. The van der Waals surface area contributed by atoms with E-state index < -0.39 is 20.0 Å². The summed E-state index contributed by atoms with van der Waals surface area (Å²) in [4.78, 5) is 11.6. The Bertz CT molecular complexity index is 1070. The van der Waals surface area contributed by atoms with E-state index in [1.807, 2.05) is 20.8 Å². The van der Waals surface area contributed by atoms with Gasteiger partial charge in [0.15, 0.2) is 0 Å². The van der Waals surface area contributed by atoms with E-state index in [1.165, 1.54) is 6.26 Å². The molecule has 10 heteroatoms. The lowest BCUT2D eigenvalue weighted by atomic mass is 9.88. The highest BCUT2D eigenvalue weighted by Crippen LogP contribution is 2.38. The Morgan fingerprint density at radius 1 is 1.34 bits per heavy atom. The number of hydrogen-bond acceptors (Lipinski definition) is 6. The Hall–Kier alpha value is -2.09. The number of nitrogens with zero attached hydrogens (tertiary/aromatic N) is 5. The minimum atomic E-state index is -2.75. The number of azide groups is 1. The lowest BCUT2D eigenvalue weighted by Gasteiger charge is -2.29. The van der Waals surface area contributed by atoms with E-state index in [0.717, 1.165) is 10.9 Å². The van der Waals surface area contributed by atoms with Crippen molar-refractivity contribution in [3.05, 3.63) is 39.6 Å². The molecule has 1 N–H and O–H groups in total. The zero-order chi connectivity index (χ0) is 22.0. The number of fused-ring (bicyclic) bond motifs is 1. The van der Waals surface area contributed by atoms with Gasteiger partial charge in [0.05, 0.1) is 21.8 Å². The summed E-state index contributed by atoms with van der Waals surface area (Å²) in [5.74, 6) is 0.364. The second-order valence-corrected chi connectivity index (χ2v) is 11.3. The van der Waals surface area contributed by atoms with E-state index in [2.05, 4.69) is 20.0 Å². The Morgan fingerprint density at radius 2 is 2.00 bits per heavy atom. The molecule has 0 aromatic carbocycles. The molecule has 0 aliphatic carbocycles. The maximum absolute atomic E-state index is 12.2. The lowest BCUT2D eigenvalue weighted by Crippen LogP contribution is -2.35. The molecule has 0 amide bonds. The molecule has 0 saturated carbocycles. The zero-order valence-electron chi connectivity index (χ0n) is 17.6. The van der Waals surface area contributed by atoms with Crippen LogP contribution in [0.3, 0.4) is 0 Å². The van der Waals surface area contributed by atoms with Crippen LogP contribution in [0, 0.1) is 4.78 Å². The SMILES string of the molecule is CC[C@@](C)(N=[N+]=[N-])c1cnc(O[C@H](C)CC(C)(C)[S@](C)(=N)=O)c2cnc(Cl)cc12. The van der Waals surface area contributed by atoms with Crippen molar-refractivity contribution in [1.29, 1.82) is 4.78 Å². The molecule has 3 atom stereocenters. The van der Waals surface area contributed by atoms with Crippen LogP contribution in [0.4, 0.5) is 0 Å². The van der Waals surface area contributed by atoms with E-state index in [-0.39, 0.29) is 6.10 Å². The smallest absolute Gasteiger partial charge is 0.223 e. The van der Waals surface area contributed by atoms with Gasteiger partial charge in [0.1, 0.15) is 5.15 Å². The van der Waals surface area contributed by atoms with E-state index >= 15 is 0 Å². The predicted molar refractivity (Wildman–Crippen MR) is 117 cm³/mol. The highest BCUT2D eigenvalue weighted by atomic mass is 35.5. The number of hydrogen-bond donors (Lipinski definition) is 1. The number of ether oxygens (including phenoxy) is 1. The van der Waals surface area contributed by atoms with Crippen molar-refractivity contribution in [2.45, 2.75) is 63.9 Å². The predicted octanol–water partition coefficient (Wildman–Crippen LogP) is 5.83. The lowest BCUT2D eigenvalue weighted by molar-refractivity contribution is 0.193. The van der Waals surface area contributed by atoms with Gasteiger partial charge >= 0.3 is 0 Å². The summed E-state index contributed by atoms with van der Waals surface area (Å²) in [6, 6.07) is 1.71. The van der Waals surface area contributed by atoms with Crippen molar-refractivity contribution >= 4 is 32.1 Å². The normalized spacial score (nSPS) is 17.1. The van der Waals surface area contributed by atoms with Crippen LogP contribution in [0.25, 0.3) is 21.2 Å². The van der Waals surface area contributed by atoms with Crippen molar-refractivity contribution in [1.82, 2.24) is 9.97 Å². The van der Waals surface area contributed by atoms with E-state index in [1.54, 1.807) is 32.3 Å². The second-order valence-electron chi connectivity index (χ2n) is 8.08. The molecule has 158 valence electrons. The van der Waals surface area contributed by atoms with Gasteiger partial charge in [-0.2, -0.15) is 0 Å². The summed E-state index contributed by atoms with van der Waals surface area (Å²) < 4.78 is 25.5. The molecule has 2 heterocycles. The third-order valence-electron chi connectivity index (χ3n) is 5.38. The molecule has 0 fully saturated rings. The average Bonchev–Trinajstić information content (AvgIpc) is 2.60. The average molecular weight is 439 g/mol. The van der Waals surface area contributed by atoms with Crippen molar-refractivity contribution < 1.29 is 8.95 Å². The van der Waals surface area contributed by atoms with Crippen molar-refractivity contribution in [2.75, 3.05) is 6.26 Å². The Morgan fingerprint density at radius 3 is 2.55 bits per heavy atom. The fourth-order valence-corrected chi connectivity index (χ4v) is 3.82. The summed E-state index contributed by atoms with van der Waals surface area (Å²) in [6.45, 7) is 9.22. The van der Waals surface area contributed by atoms with Crippen LogP contribution in [0.15, 0.2) is 23.6 Å². The molecule has 2 aromatic rings. The summed E-state index contributed by atoms with van der Waals surface area (Å²) in [7, 11) is -2.75. The van der Waals surface area contributed by atoms with Gasteiger partial charge in [-0.25, -0.2) is 14.2 Å². The molecule has 2 rings (SSSR count). The molecule has 0 radical (unpaired) electrons. The Kier molecular flexibility index (Phi) is 6.67. The number of rotatable bonds is 8. The van der Waals surface area contributed by atoms with Crippen LogP contribution >= 0.6 is 11.6 Å².